The number of aromatic nitrogens is 3. The van der Waals surface area contributed by atoms with Gasteiger partial charge in [-0.1, -0.05) is 28.1 Å². The third kappa shape index (κ3) is 3.33. The summed E-state index contributed by atoms with van der Waals surface area (Å²) in [6.45, 7) is 1.83. The largest absolute Gasteiger partial charge is 0.468 e. The first-order valence-electron chi connectivity index (χ1n) is 7.30. The molecule has 0 N–H and O–H groups in total. The van der Waals surface area contributed by atoms with Crippen LogP contribution in [0.25, 0.3) is 0 Å². The summed E-state index contributed by atoms with van der Waals surface area (Å²) >= 11 is 3.37. The third-order valence-electron chi connectivity index (χ3n) is 3.70. The van der Waals surface area contributed by atoms with Gasteiger partial charge in [-0.3, -0.25) is 9.59 Å². The van der Waals surface area contributed by atoms with Crippen LogP contribution in [0.1, 0.15) is 18.3 Å². The molecule has 0 bridgehead atoms. The van der Waals surface area contributed by atoms with Crippen molar-refractivity contribution in [2.75, 3.05) is 13.7 Å². The Hall–Kier alpha value is -2.22. The average Bonchev–Trinajstić information content (AvgIpc) is 2.96. The Morgan fingerprint density at radius 3 is 2.62 bits per heavy atom. The van der Waals surface area contributed by atoms with Gasteiger partial charge in [0.05, 0.1) is 13.7 Å². The average molecular weight is 396 g/mol. The van der Waals surface area contributed by atoms with E-state index >= 15 is 0 Å². The second-order valence-electron chi connectivity index (χ2n) is 5.16. The summed E-state index contributed by atoms with van der Waals surface area (Å²) in [4.78, 5) is 25.5. The molecule has 24 heavy (non-hydrogen) atoms. The molecule has 0 aliphatic heterocycles. The van der Waals surface area contributed by atoms with E-state index in [4.69, 9.17) is 9.47 Å². The van der Waals surface area contributed by atoms with Gasteiger partial charge in [-0.2, -0.15) is 0 Å². The van der Waals surface area contributed by atoms with Crippen molar-refractivity contribution in [3.63, 3.8) is 0 Å². The molecule has 0 saturated carbocycles. The van der Waals surface area contributed by atoms with Gasteiger partial charge in [0.1, 0.15) is 12.2 Å². The number of carbonyl (C=O) groups is 2. The summed E-state index contributed by atoms with van der Waals surface area (Å²) in [6.07, 6.45) is 1.48. The van der Waals surface area contributed by atoms with E-state index in [9.17, 15) is 9.59 Å². The zero-order valence-electron chi connectivity index (χ0n) is 13.7. The van der Waals surface area contributed by atoms with Gasteiger partial charge in [-0.25, -0.2) is 0 Å². The van der Waals surface area contributed by atoms with E-state index in [1.807, 2.05) is 0 Å². The normalized spacial score (nSPS) is 13.2. The Labute approximate surface area is 148 Å². The number of ether oxygens (including phenoxy) is 2. The molecule has 2 rings (SSSR count). The van der Waals surface area contributed by atoms with Crippen molar-refractivity contribution in [2.45, 2.75) is 18.8 Å². The summed E-state index contributed by atoms with van der Waals surface area (Å²) in [7, 11) is 2.98. The van der Waals surface area contributed by atoms with Crippen LogP contribution < -0.4 is 0 Å². The molecule has 1 heterocycles. The summed E-state index contributed by atoms with van der Waals surface area (Å²) < 4.78 is 12.5. The molecule has 1 atom stereocenters. The van der Waals surface area contributed by atoms with E-state index in [2.05, 4.69) is 26.1 Å². The number of halogens is 1. The number of hydrogen-bond acceptors (Lipinski definition) is 6. The molecular formula is C16H18BrN3O4. The molecule has 0 spiro atoms. The van der Waals surface area contributed by atoms with Gasteiger partial charge < -0.3 is 14.0 Å². The van der Waals surface area contributed by atoms with Gasteiger partial charge in [0.15, 0.2) is 5.41 Å². The molecule has 8 heteroatoms. The van der Waals surface area contributed by atoms with Gasteiger partial charge in [-0.15, -0.1) is 10.2 Å². The predicted molar refractivity (Wildman–Crippen MR) is 89.2 cm³/mol. The monoisotopic (exact) mass is 395 g/mol. The summed E-state index contributed by atoms with van der Waals surface area (Å²) in [5.74, 6) is -0.923. The highest BCUT2D eigenvalue weighted by Crippen LogP contribution is 2.33. The number of hydrogen-bond donors (Lipinski definition) is 0. The molecule has 1 aromatic heterocycles. The molecular weight excluding hydrogens is 378 g/mol. The molecule has 0 amide bonds. The second-order valence-corrected chi connectivity index (χ2v) is 6.08. The first-order valence-corrected chi connectivity index (χ1v) is 8.09. The number of benzene rings is 1. The first kappa shape index (κ1) is 18.1. The maximum absolute atomic E-state index is 12.8. The van der Waals surface area contributed by atoms with Crippen LogP contribution in [0, 0.1) is 0 Å². The van der Waals surface area contributed by atoms with E-state index < -0.39 is 17.4 Å². The van der Waals surface area contributed by atoms with Gasteiger partial charge in [0.25, 0.3) is 0 Å². The molecule has 0 aliphatic carbocycles. The van der Waals surface area contributed by atoms with Crippen LogP contribution in [0.2, 0.25) is 0 Å². The Balaban J connectivity index is 2.66. The number of aryl methyl sites for hydroxylation is 1. The lowest BCUT2D eigenvalue weighted by Gasteiger charge is -2.28. The fourth-order valence-electron chi connectivity index (χ4n) is 2.45. The molecule has 0 fully saturated rings. The fourth-order valence-corrected chi connectivity index (χ4v) is 2.85. The fraction of sp³-hybridized carbons (Fsp3) is 0.375. The molecule has 128 valence electrons. The molecule has 0 saturated heterocycles. The molecule has 2 aromatic rings. The van der Waals surface area contributed by atoms with E-state index in [1.165, 1.54) is 13.4 Å². The summed E-state index contributed by atoms with van der Waals surface area (Å²) in [5.41, 5.74) is -1.19. The minimum Gasteiger partial charge on any atom is -0.468 e. The van der Waals surface area contributed by atoms with Crippen molar-refractivity contribution in [1.29, 1.82) is 0 Å². The van der Waals surface area contributed by atoms with E-state index in [-0.39, 0.29) is 13.0 Å². The highest BCUT2D eigenvalue weighted by Gasteiger charge is 2.51. The molecule has 0 aliphatic rings. The van der Waals surface area contributed by atoms with Crippen molar-refractivity contribution in [3.8, 4) is 0 Å². The SMILES string of the molecule is CCOC(=O)C(Cc1nncn1C)(C(=O)OC)c1cccc(Br)c1. The number of rotatable bonds is 6. The van der Waals surface area contributed by atoms with Crippen LogP contribution in [0.3, 0.4) is 0 Å². The van der Waals surface area contributed by atoms with E-state index in [1.54, 1.807) is 42.8 Å². The lowest BCUT2D eigenvalue weighted by Crippen LogP contribution is -2.48. The van der Waals surface area contributed by atoms with E-state index in [0.29, 0.717) is 11.4 Å². The molecule has 0 radical (unpaired) electrons. The van der Waals surface area contributed by atoms with Crippen molar-refractivity contribution in [2.24, 2.45) is 7.05 Å². The third-order valence-corrected chi connectivity index (χ3v) is 4.20. The smallest absolute Gasteiger partial charge is 0.328 e. The Bertz CT molecular complexity index is 746. The highest BCUT2D eigenvalue weighted by atomic mass is 79.9. The Kier molecular flexibility index (Phi) is 5.71. The minimum absolute atomic E-state index is 0.0224. The van der Waals surface area contributed by atoms with Crippen LogP contribution in [0.4, 0.5) is 0 Å². The van der Waals surface area contributed by atoms with E-state index in [0.717, 1.165) is 4.47 Å². The first-order chi connectivity index (χ1) is 11.5. The number of carbonyl (C=O) groups excluding carboxylic acids is 2. The van der Waals surface area contributed by atoms with Crippen LogP contribution in [0.5, 0.6) is 0 Å². The van der Waals surface area contributed by atoms with Crippen LogP contribution >= 0.6 is 15.9 Å². The van der Waals surface area contributed by atoms with Crippen molar-refractivity contribution >= 4 is 27.9 Å². The predicted octanol–water partition coefficient (Wildman–Crippen LogP) is 1.79. The zero-order chi connectivity index (χ0) is 17.7. The number of methoxy groups -OCH3 is 1. The zero-order valence-corrected chi connectivity index (χ0v) is 15.2. The van der Waals surface area contributed by atoms with Gasteiger partial charge in [0.2, 0.25) is 0 Å². The second kappa shape index (κ2) is 7.57. The van der Waals surface area contributed by atoms with Crippen molar-refractivity contribution in [1.82, 2.24) is 14.8 Å². The molecule has 7 nitrogen and oxygen atoms in total. The van der Waals surface area contributed by atoms with Gasteiger partial charge in [0, 0.05) is 17.9 Å². The van der Waals surface area contributed by atoms with Crippen LogP contribution in [-0.4, -0.2) is 40.4 Å². The quantitative estimate of drug-likeness (QED) is 0.547. The number of nitrogens with zero attached hydrogens (tertiary/aromatic N) is 3. The Morgan fingerprint density at radius 2 is 2.08 bits per heavy atom. The Morgan fingerprint density at radius 1 is 1.33 bits per heavy atom. The molecule has 1 unspecified atom stereocenters. The lowest BCUT2D eigenvalue weighted by atomic mass is 9.77. The standard InChI is InChI=1S/C16H18BrN3O4/c1-4-24-15(22)16(14(21)23-3,9-13-19-18-10-20(13)2)11-6-5-7-12(17)8-11/h5-8,10H,4,9H2,1-3H3. The van der Waals surface area contributed by atoms with Gasteiger partial charge in [-0.05, 0) is 24.6 Å². The molecule has 1 aromatic carbocycles. The summed E-state index contributed by atoms with van der Waals surface area (Å²) in [6, 6.07) is 6.94. The summed E-state index contributed by atoms with van der Waals surface area (Å²) in [5, 5.41) is 7.80. The van der Waals surface area contributed by atoms with Crippen LogP contribution in [-0.2, 0) is 37.9 Å². The minimum atomic E-state index is -1.66. The lowest BCUT2D eigenvalue weighted by molar-refractivity contribution is -0.163. The maximum Gasteiger partial charge on any atom is 0.328 e. The van der Waals surface area contributed by atoms with Crippen molar-refractivity contribution < 1.29 is 19.1 Å². The maximum atomic E-state index is 12.8. The van der Waals surface area contributed by atoms with Gasteiger partial charge >= 0.3 is 11.9 Å². The van der Waals surface area contributed by atoms with Crippen molar-refractivity contribution in [3.05, 3.63) is 46.5 Å². The number of esters is 2. The topological polar surface area (TPSA) is 83.3 Å². The highest BCUT2D eigenvalue weighted by molar-refractivity contribution is 9.10. The van der Waals surface area contributed by atoms with Crippen LogP contribution in [0.15, 0.2) is 35.1 Å².